The standard InChI is InChI=1S/C16H20F3NO2S/c1-6-22-14(21)16(18,19)12-9-7-8-11(13(12)17)10(2)20-23-15(3,4)5/h7-9H,6H2,1-5H3. The molecule has 23 heavy (non-hydrogen) atoms. The molecule has 7 heteroatoms. The third-order valence-electron chi connectivity index (χ3n) is 2.72. The Morgan fingerprint density at radius 3 is 2.43 bits per heavy atom. The summed E-state index contributed by atoms with van der Waals surface area (Å²) in [5.41, 5.74) is -0.809. The van der Waals surface area contributed by atoms with Crippen molar-refractivity contribution in [1.29, 1.82) is 0 Å². The Morgan fingerprint density at radius 1 is 1.30 bits per heavy atom. The summed E-state index contributed by atoms with van der Waals surface area (Å²) >= 11 is 1.22. The van der Waals surface area contributed by atoms with E-state index in [1.807, 2.05) is 20.8 Å². The molecule has 0 saturated carbocycles. The van der Waals surface area contributed by atoms with E-state index in [0.717, 1.165) is 6.07 Å². The summed E-state index contributed by atoms with van der Waals surface area (Å²) in [7, 11) is 0. The van der Waals surface area contributed by atoms with Crippen molar-refractivity contribution in [2.24, 2.45) is 4.40 Å². The molecule has 0 unspecified atom stereocenters. The molecule has 0 N–H and O–H groups in total. The van der Waals surface area contributed by atoms with Crippen LogP contribution >= 0.6 is 11.9 Å². The summed E-state index contributed by atoms with van der Waals surface area (Å²) in [6.07, 6.45) is 0. The Kier molecular flexibility index (Phi) is 6.27. The van der Waals surface area contributed by atoms with Crippen molar-refractivity contribution in [2.45, 2.75) is 45.3 Å². The first kappa shape index (κ1) is 19.5. The van der Waals surface area contributed by atoms with Crippen LogP contribution in [0.4, 0.5) is 13.2 Å². The van der Waals surface area contributed by atoms with Crippen LogP contribution in [-0.4, -0.2) is 23.0 Å². The van der Waals surface area contributed by atoms with Gasteiger partial charge < -0.3 is 4.74 Å². The van der Waals surface area contributed by atoms with E-state index in [1.54, 1.807) is 0 Å². The number of benzene rings is 1. The molecular formula is C16H20F3NO2S. The Hall–Kier alpha value is -1.50. The van der Waals surface area contributed by atoms with Gasteiger partial charge in [-0.15, -0.1) is 0 Å². The van der Waals surface area contributed by atoms with E-state index in [0.29, 0.717) is 0 Å². The monoisotopic (exact) mass is 347 g/mol. The molecule has 0 atom stereocenters. The molecule has 0 fully saturated rings. The van der Waals surface area contributed by atoms with Crippen molar-refractivity contribution in [1.82, 2.24) is 0 Å². The van der Waals surface area contributed by atoms with Gasteiger partial charge in [-0.25, -0.2) is 13.6 Å². The first-order chi connectivity index (χ1) is 10.5. The van der Waals surface area contributed by atoms with Crippen LogP contribution in [0.25, 0.3) is 0 Å². The molecule has 3 nitrogen and oxygen atoms in total. The van der Waals surface area contributed by atoms with E-state index in [9.17, 15) is 18.0 Å². The van der Waals surface area contributed by atoms with Gasteiger partial charge in [0.1, 0.15) is 5.82 Å². The molecule has 1 aromatic carbocycles. The van der Waals surface area contributed by atoms with Crippen molar-refractivity contribution in [3.8, 4) is 0 Å². The van der Waals surface area contributed by atoms with Crippen molar-refractivity contribution in [2.75, 3.05) is 6.61 Å². The van der Waals surface area contributed by atoms with Gasteiger partial charge in [-0.05, 0) is 52.6 Å². The number of hydrogen-bond donors (Lipinski definition) is 0. The molecule has 0 heterocycles. The molecule has 1 rings (SSSR count). The third kappa shape index (κ3) is 4.99. The second-order valence-corrected chi connectivity index (χ2v) is 7.43. The number of hydrogen-bond acceptors (Lipinski definition) is 4. The fourth-order valence-electron chi connectivity index (χ4n) is 1.64. The van der Waals surface area contributed by atoms with Gasteiger partial charge in [-0.2, -0.15) is 8.78 Å². The second kappa shape index (κ2) is 7.38. The number of alkyl halides is 2. The Bertz CT molecular complexity index is 610. The smallest absolute Gasteiger partial charge is 0.382 e. The summed E-state index contributed by atoms with van der Waals surface area (Å²) in [6.45, 7) is 8.51. The maximum atomic E-state index is 14.5. The van der Waals surface area contributed by atoms with Gasteiger partial charge in [0, 0.05) is 10.3 Å². The molecule has 1 aromatic rings. The van der Waals surface area contributed by atoms with Gasteiger partial charge in [-0.1, -0.05) is 12.1 Å². The van der Waals surface area contributed by atoms with E-state index >= 15 is 0 Å². The first-order valence-electron chi connectivity index (χ1n) is 7.08. The average Bonchev–Trinajstić information content (AvgIpc) is 2.44. The van der Waals surface area contributed by atoms with E-state index in [2.05, 4.69) is 9.13 Å². The summed E-state index contributed by atoms with van der Waals surface area (Å²) in [5.74, 6) is -6.98. The SMILES string of the molecule is CCOC(=O)C(F)(F)c1cccc(C(C)=NSC(C)(C)C)c1F. The predicted octanol–water partition coefficient (Wildman–Crippen LogP) is 4.74. The Labute approximate surface area is 138 Å². The number of halogens is 3. The molecule has 0 radical (unpaired) electrons. The highest BCUT2D eigenvalue weighted by Crippen LogP contribution is 2.33. The van der Waals surface area contributed by atoms with Crippen LogP contribution in [0.5, 0.6) is 0 Å². The maximum Gasteiger partial charge on any atom is 0.382 e. The largest absolute Gasteiger partial charge is 0.461 e. The van der Waals surface area contributed by atoms with Crippen LogP contribution < -0.4 is 0 Å². The zero-order valence-corrected chi connectivity index (χ0v) is 14.6. The van der Waals surface area contributed by atoms with Crippen LogP contribution in [0.15, 0.2) is 22.6 Å². The number of esters is 1. The predicted molar refractivity (Wildman–Crippen MR) is 86.5 cm³/mol. The average molecular weight is 347 g/mol. The van der Waals surface area contributed by atoms with Crippen molar-refractivity contribution >= 4 is 23.6 Å². The van der Waals surface area contributed by atoms with Crippen molar-refractivity contribution < 1.29 is 22.7 Å². The van der Waals surface area contributed by atoms with E-state index in [4.69, 9.17) is 0 Å². The highest BCUT2D eigenvalue weighted by Gasteiger charge is 2.45. The molecular weight excluding hydrogens is 327 g/mol. The zero-order valence-electron chi connectivity index (χ0n) is 13.7. The van der Waals surface area contributed by atoms with Gasteiger partial charge in [0.2, 0.25) is 0 Å². The normalized spacial score (nSPS) is 13.1. The lowest BCUT2D eigenvalue weighted by molar-refractivity contribution is -0.173. The fourth-order valence-corrected chi connectivity index (χ4v) is 2.15. The van der Waals surface area contributed by atoms with Gasteiger partial charge in [0.05, 0.1) is 17.9 Å². The van der Waals surface area contributed by atoms with Gasteiger partial charge in [0.25, 0.3) is 0 Å². The Morgan fingerprint density at radius 2 is 1.91 bits per heavy atom. The number of ether oxygens (including phenoxy) is 1. The molecule has 0 aliphatic carbocycles. The minimum Gasteiger partial charge on any atom is -0.461 e. The summed E-state index contributed by atoms with van der Waals surface area (Å²) in [6, 6.07) is 3.49. The van der Waals surface area contributed by atoms with Crippen molar-refractivity contribution in [3.63, 3.8) is 0 Å². The van der Waals surface area contributed by atoms with Gasteiger partial charge in [-0.3, -0.25) is 0 Å². The number of nitrogens with zero attached hydrogens (tertiary/aromatic N) is 1. The van der Waals surface area contributed by atoms with Crippen LogP contribution in [0.1, 0.15) is 45.7 Å². The number of rotatable bonds is 5. The van der Waals surface area contributed by atoms with Crippen LogP contribution in [0, 0.1) is 5.82 Å². The lowest BCUT2D eigenvalue weighted by Crippen LogP contribution is -2.30. The summed E-state index contributed by atoms with van der Waals surface area (Å²) < 4.78 is 50.9. The molecule has 0 amide bonds. The van der Waals surface area contributed by atoms with E-state index < -0.39 is 23.3 Å². The minimum absolute atomic E-state index is 0.0665. The van der Waals surface area contributed by atoms with Crippen LogP contribution in [-0.2, 0) is 15.5 Å². The minimum atomic E-state index is -4.05. The molecule has 0 aromatic heterocycles. The van der Waals surface area contributed by atoms with Gasteiger partial charge >= 0.3 is 11.9 Å². The molecule has 0 spiro atoms. The summed E-state index contributed by atoms with van der Waals surface area (Å²) in [5, 5.41) is 0. The zero-order chi connectivity index (χ0) is 17.8. The molecule has 128 valence electrons. The number of carbonyl (C=O) groups excluding carboxylic acids is 1. The quantitative estimate of drug-likeness (QED) is 0.439. The topological polar surface area (TPSA) is 38.7 Å². The van der Waals surface area contributed by atoms with Crippen LogP contribution in [0.2, 0.25) is 0 Å². The second-order valence-electron chi connectivity index (χ2n) is 5.84. The number of carbonyl (C=O) groups is 1. The first-order valence-corrected chi connectivity index (χ1v) is 7.85. The van der Waals surface area contributed by atoms with Crippen molar-refractivity contribution in [3.05, 3.63) is 35.1 Å². The highest BCUT2D eigenvalue weighted by molar-refractivity contribution is 7.99. The maximum absolute atomic E-state index is 14.5. The highest BCUT2D eigenvalue weighted by atomic mass is 32.2. The van der Waals surface area contributed by atoms with E-state index in [1.165, 1.54) is 37.9 Å². The molecule has 0 bridgehead atoms. The van der Waals surface area contributed by atoms with Crippen LogP contribution in [0.3, 0.4) is 0 Å². The molecule has 0 aliphatic heterocycles. The third-order valence-corrected chi connectivity index (χ3v) is 3.63. The fraction of sp³-hybridized carbons (Fsp3) is 0.500. The molecule has 0 aliphatic rings. The summed E-state index contributed by atoms with van der Waals surface area (Å²) in [4.78, 5) is 11.4. The Balaban J connectivity index is 3.24. The lowest BCUT2D eigenvalue weighted by Gasteiger charge is -2.17. The lowest BCUT2D eigenvalue weighted by atomic mass is 10.0. The molecule has 0 saturated heterocycles. The van der Waals surface area contributed by atoms with E-state index in [-0.39, 0.29) is 22.6 Å². The van der Waals surface area contributed by atoms with Gasteiger partial charge in [0.15, 0.2) is 0 Å².